The van der Waals surface area contributed by atoms with Crippen LogP contribution in [0.2, 0.25) is 0 Å². The quantitative estimate of drug-likeness (QED) is 0.825. The average molecular weight is 259 g/mol. The molecule has 0 aliphatic rings. The maximum atomic E-state index is 11.8. The van der Waals surface area contributed by atoms with Gasteiger partial charge in [0.05, 0.1) is 17.8 Å². The van der Waals surface area contributed by atoms with E-state index >= 15 is 0 Å². The van der Waals surface area contributed by atoms with Crippen molar-refractivity contribution in [3.05, 3.63) is 29.3 Å². The number of carbonyl (C=O) groups is 1. The largest absolute Gasteiger partial charge is 0.375 e. The molecule has 1 aromatic carbocycles. The molecule has 0 saturated carbocycles. The smallest absolute Gasteiger partial charge is 0.239 e. The van der Waals surface area contributed by atoms with Gasteiger partial charge in [0.2, 0.25) is 5.91 Å². The highest BCUT2D eigenvalue weighted by atomic mass is 16.1. The number of nitrogens with one attached hydrogen (secondary N) is 2. The number of anilines is 1. The average Bonchev–Trinajstić information content (AvgIpc) is 2.42. The Balaban J connectivity index is 2.60. The van der Waals surface area contributed by atoms with E-state index in [4.69, 9.17) is 5.26 Å². The molecular weight excluding hydrogens is 238 g/mol. The van der Waals surface area contributed by atoms with Crippen molar-refractivity contribution in [2.24, 2.45) is 0 Å². The molecule has 0 aliphatic heterocycles. The molecule has 0 atom stereocenters. The zero-order chi connectivity index (χ0) is 14.3. The minimum absolute atomic E-state index is 0.0425. The third-order valence-corrected chi connectivity index (χ3v) is 3.17. The predicted molar refractivity (Wildman–Crippen MR) is 76.9 cm³/mol. The maximum absolute atomic E-state index is 11.8. The molecule has 1 rings (SSSR count). The molecule has 0 aromatic heterocycles. The van der Waals surface area contributed by atoms with Crippen molar-refractivity contribution in [3.8, 4) is 6.07 Å². The van der Waals surface area contributed by atoms with Crippen LogP contribution in [-0.2, 0) is 4.79 Å². The van der Waals surface area contributed by atoms with Crippen molar-refractivity contribution in [3.63, 3.8) is 0 Å². The van der Waals surface area contributed by atoms with Crippen LogP contribution in [0.1, 0.15) is 37.8 Å². The van der Waals surface area contributed by atoms with Crippen LogP contribution in [0.25, 0.3) is 0 Å². The summed E-state index contributed by atoms with van der Waals surface area (Å²) in [6, 6.07) is 7.95. The van der Waals surface area contributed by atoms with Crippen LogP contribution < -0.4 is 10.6 Å². The molecule has 0 saturated heterocycles. The molecule has 4 nitrogen and oxygen atoms in total. The van der Waals surface area contributed by atoms with E-state index in [1.54, 1.807) is 0 Å². The Morgan fingerprint density at radius 1 is 1.37 bits per heavy atom. The van der Waals surface area contributed by atoms with Crippen LogP contribution in [-0.4, -0.2) is 18.5 Å². The van der Waals surface area contributed by atoms with E-state index < -0.39 is 0 Å². The summed E-state index contributed by atoms with van der Waals surface area (Å²) < 4.78 is 0. The summed E-state index contributed by atoms with van der Waals surface area (Å²) in [7, 11) is 0. The molecule has 0 aliphatic carbocycles. The monoisotopic (exact) mass is 259 g/mol. The first-order valence-corrected chi connectivity index (χ1v) is 6.65. The minimum Gasteiger partial charge on any atom is -0.375 e. The fraction of sp³-hybridized carbons (Fsp3) is 0.467. The van der Waals surface area contributed by atoms with Gasteiger partial charge in [0.15, 0.2) is 0 Å². The SMILES string of the molecule is CCC(CC)NC(=O)CNc1cccc(C)c1C#N. The highest BCUT2D eigenvalue weighted by molar-refractivity contribution is 5.81. The van der Waals surface area contributed by atoms with E-state index in [-0.39, 0.29) is 18.5 Å². The molecule has 0 unspecified atom stereocenters. The number of nitrogens with zero attached hydrogens (tertiary/aromatic N) is 1. The number of amides is 1. The number of rotatable bonds is 6. The molecule has 0 fully saturated rings. The number of aryl methyl sites for hydroxylation is 1. The summed E-state index contributed by atoms with van der Waals surface area (Å²) in [4.78, 5) is 11.8. The van der Waals surface area contributed by atoms with Crippen molar-refractivity contribution in [2.75, 3.05) is 11.9 Å². The van der Waals surface area contributed by atoms with Crippen LogP contribution in [0.4, 0.5) is 5.69 Å². The fourth-order valence-electron chi connectivity index (χ4n) is 1.91. The Bertz CT molecular complexity index is 473. The van der Waals surface area contributed by atoms with E-state index in [2.05, 4.69) is 30.6 Å². The molecule has 4 heteroatoms. The summed E-state index contributed by atoms with van der Waals surface area (Å²) in [5, 5.41) is 15.1. The zero-order valence-electron chi connectivity index (χ0n) is 11.8. The Labute approximate surface area is 114 Å². The molecule has 0 heterocycles. The van der Waals surface area contributed by atoms with Crippen LogP contribution >= 0.6 is 0 Å². The Morgan fingerprint density at radius 3 is 2.63 bits per heavy atom. The van der Waals surface area contributed by atoms with Gasteiger partial charge in [-0.25, -0.2) is 0 Å². The summed E-state index contributed by atoms with van der Waals surface area (Å²) in [6.07, 6.45) is 1.85. The van der Waals surface area contributed by atoms with E-state index in [0.717, 1.165) is 18.4 Å². The van der Waals surface area contributed by atoms with Gasteiger partial charge < -0.3 is 10.6 Å². The highest BCUT2D eigenvalue weighted by Gasteiger charge is 2.09. The van der Waals surface area contributed by atoms with Crippen LogP contribution in [0.15, 0.2) is 18.2 Å². The highest BCUT2D eigenvalue weighted by Crippen LogP contribution is 2.17. The normalized spacial score (nSPS) is 10.1. The summed E-state index contributed by atoms with van der Waals surface area (Å²) in [5.74, 6) is -0.0425. The second kappa shape index (κ2) is 7.42. The molecule has 102 valence electrons. The molecular formula is C15H21N3O. The van der Waals surface area contributed by atoms with Gasteiger partial charge in [0, 0.05) is 6.04 Å². The zero-order valence-corrected chi connectivity index (χ0v) is 11.8. The lowest BCUT2D eigenvalue weighted by Gasteiger charge is -2.15. The van der Waals surface area contributed by atoms with Crippen LogP contribution in [0, 0.1) is 18.3 Å². The Kier molecular flexibility index (Phi) is 5.87. The van der Waals surface area contributed by atoms with E-state index in [0.29, 0.717) is 11.3 Å². The lowest BCUT2D eigenvalue weighted by Crippen LogP contribution is -2.37. The Morgan fingerprint density at radius 2 is 2.05 bits per heavy atom. The van der Waals surface area contributed by atoms with Gasteiger partial charge in [-0.3, -0.25) is 4.79 Å². The minimum atomic E-state index is -0.0425. The fourth-order valence-corrected chi connectivity index (χ4v) is 1.91. The van der Waals surface area contributed by atoms with Crippen molar-refractivity contribution < 1.29 is 4.79 Å². The topological polar surface area (TPSA) is 64.9 Å². The van der Waals surface area contributed by atoms with Gasteiger partial charge in [-0.05, 0) is 31.4 Å². The summed E-state index contributed by atoms with van der Waals surface area (Å²) in [5.41, 5.74) is 2.22. The van der Waals surface area contributed by atoms with Gasteiger partial charge in [-0.15, -0.1) is 0 Å². The molecule has 0 bridgehead atoms. The van der Waals surface area contributed by atoms with Crippen molar-refractivity contribution in [1.82, 2.24) is 5.32 Å². The number of nitriles is 1. The summed E-state index contributed by atoms with van der Waals surface area (Å²) in [6.45, 7) is 6.18. The lowest BCUT2D eigenvalue weighted by atomic mass is 10.1. The van der Waals surface area contributed by atoms with Crippen molar-refractivity contribution >= 4 is 11.6 Å². The van der Waals surface area contributed by atoms with Gasteiger partial charge in [-0.1, -0.05) is 26.0 Å². The molecule has 2 N–H and O–H groups in total. The molecule has 1 amide bonds. The predicted octanol–water partition coefficient (Wildman–Crippen LogP) is 2.58. The third kappa shape index (κ3) is 4.29. The molecule has 1 aromatic rings. The van der Waals surface area contributed by atoms with E-state index in [9.17, 15) is 4.79 Å². The molecule has 0 radical (unpaired) electrons. The number of carbonyl (C=O) groups excluding carboxylic acids is 1. The molecule has 0 spiro atoms. The lowest BCUT2D eigenvalue weighted by molar-refractivity contribution is -0.120. The van der Waals surface area contributed by atoms with Gasteiger partial charge >= 0.3 is 0 Å². The molecule has 19 heavy (non-hydrogen) atoms. The Hall–Kier alpha value is -2.02. The maximum Gasteiger partial charge on any atom is 0.239 e. The number of hydrogen-bond donors (Lipinski definition) is 2. The van der Waals surface area contributed by atoms with Crippen LogP contribution in [0.5, 0.6) is 0 Å². The van der Waals surface area contributed by atoms with Gasteiger partial charge in [0.1, 0.15) is 6.07 Å². The number of benzene rings is 1. The first kappa shape index (κ1) is 15.0. The second-order valence-corrected chi connectivity index (χ2v) is 4.54. The third-order valence-electron chi connectivity index (χ3n) is 3.17. The van der Waals surface area contributed by atoms with E-state index in [1.807, 2.05) is 25.1 Å². The number of hydrogen-bond acceptors (Lipinski definition) is 3. The van der Waals surface area contributed by atoms with Crippen LogP contribution in [0.3, 0.4) is 0 Å². The standard InChI is InChI=1S/C15H21N3O/c1-4-12(5-2)18-15(19)10-17-14-8-6-7-11(3)13(14)9-16/h6-8,12,17H,4-5,10H2,1-3H3,(H,18,19). The van der Waals surface area contributed by atoms with Crippen molar-refractivity contribution in [1.29, 1.82) is 5.26 Å². The first-order chi connectivity index (χ1) is 9.12. The van der Waals surface area contributed by atoms with Gasteiger partial charge in [-0.2, -0.15) is 5.26 Å². The summed E-state index contributed by atoms with van der Waals surface area (Å²) >= 11 is 0. The first-order valence-electron chi connectivity index (χ1n) is 6.65. The van der Waals surface area contributed by atoms with Crippen molar-refractivity contribution in [2.45, 2.75) is 39.7 Å². The van der Waals surface area contributed by atoms with E-state index in [1.165, 1.54) is 0 Å². The second-order valence-electron chi connectivity index (χ2n) is 4.54. The van der Waals surface area contributed by atoms with Gasteiger partial charge in [0.25, 0.3) is 0 Å².